The average Bonchev–Trinajstić information content (AvgIpc) is 3.15. The summed E-state index contributed by atoms with van der Waals surface area (Å²) in [5.41, 5.74) is 1.69. The van der Waals surface area contributed by atoms with Crippen LogP contribution in [-0.4, -0.2) is 28.6 Å². The van der Waals surface area contributed by atoms with Gasteiger partial charge in [0.15, 0.2) is 0 Å². The normalized spacial score (nSPS) is 11.1. The van der Waals surface area contributed by atoms with Crippen LogP contribution in [0.5, 0.6) is 23.0 Å². The number of benzene rings is 6. The van der Waals surface area contributed by atoms with Crippen molar-refractivity contribution in [3.8, 4) is 23.0 Å². The van der Waals surface area contributed by atoms with Gasteiger partial charge in [-0.25, -0.2) is 35.9 Å². The van der Waals surface area contributed by atoms with Gasteiger partial charge in [-0.05, 0) is 96.1 Å². The molecule has 6 aromatic rings. The lowest BCUT2D eigenvalue weighted by Gasteiger charge is -2.13. The summed E-state index contributed by atoms with van der Waals surface area (Å²) < 4.78 is 85.2. The van der Waals surface area contributed by atoms with Crippen molar-refractivity contribution < 1.29 is 44.7 Å². The SMILES string of the molecule is NS(=O)(=O)c1cc(NC(=O)Cc2ccccc2Cl)ccc1Oc1ccc(F)cc1.NS(=O)(=O)c1cc(NC(=O)Cc2ccccc2Cl)ccc1Oc1cccc(F)c1. The maximum Gasteiger partial charge on any atom is 0.241 e. The van der Waals surface area contributed by atoms with Crippen LogP contribution in [0.3, 0.4) is 0 Å². The molecule has 0 aliphatic heterocycles. The number of sulfonamides is 2. The average molecular weight is 870 g/mol. The first kappa shape index (κ1) is 43.2. The highest BCUT2D eigenvalue weighted by Crippen LogP contribution is 2.33. The molecule has 0 fully saturated rings. The molecule has 0 saturated carbocycles. The van der Waals surface area contributed by atoms with Crippen LogP contribution in [0.4, 0.5) is 20.2 Å². The van der Waals surface area contributed by atoms with Crippen LogP contribution in [0, 0.1) is 11.6 Å². The zero-order chi connectivity index (χ0) is 42.0. The number of carbonyl (C=O) groups excluding carboxylic acids is 2. The molecule has 0 bridgehead atoms. The summed E-state index contributed by atoms with van der Waals surface area (Å²) in [5, 5.41) is 16.7. The van der Waals surface area contributed by atoms with E-state index in [4.69, 9.17) is 43.0 Å². The van der Waals surface area contributed by atoms with Gasteiger partial charge in [0, 0.05) is 27.5 Å². The third-order valence-corrected chi connectivity index (χ3v) is 10.4. The highest BCUT2D eigenvalue weighted by Gasteiger charge is 2.20. The zero-order valence-corrected chi connectivity index (χ0v) is 33.0. The van der Waals surface area contributed by atoms with Crippen molar-refractivity contribution in [3.63, 3.8) is 0 Å². The Bertz CT molecular complexity index is 2690. The molecule has 0 atom stereocenters. The van der Waals surface area contributed by atoms with E-state index in [0.717, 1.165) is 6.07 Å². The summed E-state index contributed by atoms with van der Waals surface area (Å²) >= 11 is 12.1. The third kappa shape index (κ3) is 12.6. The summed E-state index contributed by atoms with van der Waals surface area (Å²) in [5.74, 6) is -1.59. The van der Waals surface area contributed by atoms with Crippen LogP contribution in [0.1, 0.15) is 11.1 Å². The van der Waals surface area contributed by atoms with Gasteiger partial charge in [-0.15, -0.1) is 0 Å². The van der Waals surface area contributed by atoms with E-state index in [0.29, 0.717) is 21.2 Å². The van der Waals surface area contributed by atoms with E-state index in [-0.39, 0.29) is 62.9 Å². The predicted molar refractivity (Wildman–Crippen MR) is 216 cm³/mol. The maximum atomic E-state index is 13.3. The minimum absolute atomic E-state index is 0.00588. The highest BCUT2D eigenvalue weighted by molar-refractivity contribution is 7.89. The number of primary sulfonamides is 2. The molecular formula is C40H32Cl2F2N4O8S2. The van der Waals surface area contributed by atoms with Crippen molar-refractivity contribution in [1.82, 2.24) is 0 Å². The van der Waals surface area contributed by atoms with Gasteiger partial charge in [0.2, 0.25) is 31.9 Å². The topological polar surface area (TPSA) is 197 Å². The first-order valence-corrected chi connectivity index (χ1v) is 20.6. The van der Waals surface area contributed by atoms with Gasteiger partial charge in [-0.3, -0.25) is 9.59 Å². The second-order valence-electron chi connectivity index (χ2n) is 12.2. The predicted octanol–water partition coefficient (Wildman–Crippen LogP) is 8.20. The second kappa shape index (κ2) is 19.0. The Hall–Kier alpha value is -5.88. The Kier molecular flexibility index (Phi) is 14.2. The number of hydrogen-bond donors (Lipinski definition) is 4. The van der Waals surface area contributed by atoms with Gasteiger partial charge in [0.05, 0.1) is 12.8 Å². The zero-order valence-electron chi connectivity index (χ0n) is 29.9. The summed E-state index contributed by atoms with van der Waals surface area (Å²) in [6, 6.07) is 32.0. The molecule has 2 amide bonds. The molecule has 0 heterocycles. The van der Waals surface area contributed by atoms with Gasteiger partial charge in [-0.2, -0.15) is 0 Å². The van der Waals surface area contributed by atoms with E-state index >= 15 is 0 Å². The molecule has 6 N–H and O–H groups in total. The lowest BCUT2D eigenvalue weighted by atomic mass is 10.1. The molecule has 18 heteroatoms. The fourth-order valence-corrected chi connectivity index (χ4v) is 6.88. The van der Waals surface area contributed by atoms with Gasteiger partial charge in [-0.1, -0.05) is 65.7 Å². The van der Waals surface area contributed by atoms with Crippen LogP contribution in [0.2, 0.25) is 10.0 Å². The Labute approximate surface area is 342 Å². The van der Waals surface area contributed by atoms with Gasteiger partial charge in [0.1, 0.15) is 44.4 Å². The number of nitrogens with one attached hydrogen (secondary N) is 2. The quantitative estimate of drug-likeness (QED) is 0.0944. The fraction of sp³-hybridized carbons (Fsp3) is 0.0500. The van der Waals surface area contributed by atoms with E-state index in [1.165, 1.54) is 78.9 Å². The molecule has 0 aromatic heterocycles. The number of anilines is 2. The number of carbonyl (C=O) groups is 2. The number of halogens is 4. The molecule has 58 heavy (non-hydrogen) atoms. The second-order valence-corrected chi connectivity index (χ2v) is 16.0. The molecule has 0 radical (unpaired) electrons. The minimum Gasteiger partial charge on any atom is -0.456 e. The summed E-state index contributed by atoms with van der Waals surface area (Å²) in [6.45, 7) is 0. The Morgan fingerprint density at radius 2 is 0.983 bits per heavy atom. The van der Waals surface area contributed by atoms with Crippen LogP contribution in [0.15, 0.2) is 143 Å². The molecule has 0 unspecified atom stereocenters. The molecule has 300 valence electrons. The van der Waals surface area contributed by atoms with Crippen molar-refractivity contribution in [3.05, 3.63) is 166 Å². The summed E-state index contributed by atoms with van der Waals surface area (Å²) in [4.78, 5) is 23.9. The minimum atomic E-state index is -4.18. The molecule has 12 nitrogen and oxygen atoms in total. The molecule has 6 rings (SSSR count). The van der Waals surface area contributed by atoms with Crippen molar-refractivity contribution >= 4 is 66.4 Å². The van der Waals surface area contributed by atoms with Crippen molar-refractivity contribution in [1.29, 1.82) is 0 Å². The van der Waals surface area contributed by atoms with E-state index in [1.54, 1.807) is 48.5 Å². The number of ether oxygens (including phenoxy) is 2. The van der Waals surface area contributed by atoms with E-state index in [9.17, 15) is 35.2 Å². The monoisotopic (exact) mass is 868 g/mol. The van der Waals surface area contributed by atoms with Crippen LogP contribution < -0.4 is 30.4 Å². The number of amides is 2. The van der Waals surface area contributed by atoms with Crippen LogP contribution in [-0.2, 0) is 42.5 Å². The van der Waals surface area contributed by atoms with Crippen molar-refractivity contribution in [2.24, 2.45) is 10.3 Å². The van der Waals surface area contributed by atoms with Gasteiger partial charge in [0.25, 0.3) is 0 Å². The van der Waals surface area contributed by atoms with Crippen molar-refractivity contribution in [2.45, 2.75) is 22.6 Å². The highest BCUT2D eigenvalue weighted by atomic mass is 35.5. The molecule has 0 aliphatic rings. The molecule has 0 saturated heterocycles. The fourth-order valence-electron chi connectivity index (χ4n) is 5.11. The maximum absolute atomic E-state index is 13.3. The Morgan fingerprint density at radius 1 is 0.534 bits per heavy atom. The molecule has 6 aromatic carbocycles. The van der Waals surface area contributed by atoms with Crippen LogP contribution >= 0.6 is 23.2 Å². The van der Waals surface area contributed by atoms with Crippen LogP contribution in [0.25, 0.3) is 0 Å². The summed E-state index contributed by atoms with van der Waals surface area (Å²) in [6.07, 6.45) is 0.0180. The lowest BCUT2D eigenvalue weighted by Crippen LogP contribution is -2.17. The Morgan fingerprint density at radius 3 is 1.41 bits per heavy atom. The first-order valence-electron chi connectivity index (χ1n) is 16.7. The number of hydrogen-bond acceptors (Lipinski definition) is 8. The summed E-state index contributed by atoms with van der Waals surface area (Å²) in [7, 11) is -8.34. The number of nitrogens with two attached hydrogens (primary N) is 2. The van der Waals surface area contributed by atoms with E-state index in [2.05, 4.69) is 10.6 Å². The molecule has 0 aliphatic carbocycles. The van der Waals surface area contributed by atoms with Crippen molar-refractivity contribution in [2.75, 3.05) is 10.6 Å². The number of rotatable bonds is 12. The standard InChI is InChI=1S/2C20H16ClFN2O4S/c21-17-7-2-1-4-13(17)10-20(25)24-15-8-9-18(19(12-15)29(23,26)27)28-16-6-3-5-14(22)11-16;21-17-4-2-1-3-13(17)11-20(25)24-15-7-10-18(19(12-15)29(23,26)27)28-16-8-5-14(22)6-9-16/h1-9,11-12H,10H2,(H,24,25)(H2,23,26,27);1-10,12H,11H2,(H,24,25)(H2,23,26,27). The molecule has 0 spiro atoms. The first-order chi connectivity index (χ1) is 27.4. The largest absolute Gasteiger partial charge is 0.456 e. The van der Waals surface area contributed by atoms with Gasteiger partial charge < -0.3 is 20.1 Å². The molecular weight excluding hydrogens is 837 g/mol. The lowest BCUT2D eigenvalue weighted by molar-refractivity contribution is -0.116. The van der Waals surface area contributed by atoms with E-state index in [1.807, 2.05) is 0 Å². The van der Waals surface area contributed by atoms with Gasteiger partial charge >= 0.3 is 0 Å². The Balaban J connectivity index is 0.000000221. The van der Waals surface area contributed by atoms with E-state index < -0.39 is 37.6 Å². The third-order valence-electron chi connectivity index (χ3n) is 7.75. The smallest absolute Gasteiger partial charge is 0.241 e.